The van der Waals surface area contributed by atoms with Crippen molar-refractivity contribution in [3.8, 4) is 11.5 Å². The van der Waals surface area contributed by atoms with Gasteiger partial charge in [0.2, 0.25) is 0 Å². The van der Waals surface area contributed by atoms with Crippen LogP contribution in [0.15, 0.2) is 36.4 Å². The van der Waals surface area contributed by atoms with Crippen LogP contribution in [0.1, 0.15) is 15.9 Å². The lowest BCUT2D eigenvalue weighted by atomic mass is 10.2. The van der Waals surface area contributed by atoms with Crippen LogP contribution < -0.4 is 4.74 Å². The fraction of sp³-hybridized carbons (Fsp3) is 0.133. The summed E-state index contributed by atoms with van der Waals surface area (Å²) in [5.41, 5.74) is 1.40. The maximum atomic E-state index is 11.3. The van der Waals surface area contributed by atoms with E-state index in [0.717, 1.165) is 5.56 Å². The molecule has 2 rings (SSSR count). The molecular formula is C15H12Cl2O3. The molecule has 0 heterocycles. The fourth-order valence-corrected chi connectivity index (χ4v) is 2.35. The highest BCUT2D eigenvalue weighted by Gasteiger charge is 2.10. The zero-order chi connectivity index (χ0) is 14.7. The van der Waals surface area contributed by atoms with Gasteiger partial charge in [0.25, 0.3) is 0 Å². The van der Waals surface area contributed by atoms with Gasteiger partial charge in [-0.2, -0.15) is 0 Å². The van der Waals surface area contributed by atoms with Gasteiger partial charge < -0.3 is 9.47 Å². The molecule has 0 bridgehead atoms. The van der Waals surface area contributed by atoms with Gasteiger partial charge in [-0.25, -0.2) is 4.79 Å². The summed E-state index contributed by atoms with van der Waals surface area (Å²) in [5.74, 6) is 0.526. The molecule has 2 aromatic rings. The van der Waals surface area contributed by atoms with Gasteiger partial charge in [-0.05, 0) is 48.9 Å². The van der Waals surface area contributed by atoms with E-state index in [2.05, 4.69) is 4.74 Å². The molecule has 0 aliphatic heterocycles. The van der Waals surface area contributed by atoms with Crippen molar-refractivity contribution in [2.24, 2.45) is 0 Å². The minimum atomic E-state index is -0.400. The first-order chi connectivity index (χ1) is 9.51. The average molecular weight is 311 g/mol. The monoisotopic (exact) mass is 310 g/mol. The molecular weight excluding hydrogens is 299 g/mol. The molecule has 0 saturated carbocycles. The van der Waals surface area contributed by atoms with Crippen molar-refractivity contribution in [3.05, 3.63) is 57.6 Å². The van der Waals surface area contributed by atoms with E-state index in [1.54, 1.807) is 36.4 Å². The van der Waals surface area contributed by atoms with Crippen molar-refractivity contribution < 1.29 is 14.3 Å². The van der Waals surface area contributed by atoms with E-state index in [9.17, 15) is 4.79 Å². The number of hydrogen-bond acceptors (Lipinski definition) is 3. The summed E-state index contributed by atoms with van der Waals surface area (Å²) in [6, 6.07) is 10.1. The van der Waals surface area contributed by atoms with Crippen LogP contribution >= 0.6 is 23.2 Å². The predicted molar refractivity (Wildman–Crippen MR) is 79.1 cm³/mol. The zero-order valence-electron chi connectivity index (χ0n) is 10.9. The summed E-state index contributed by atoms with van der Waals surface area (Å²) in [6.07, 6.45) is 0. The molecule has 0 spiro atoms. The van der Waals surface area contributed by atoms with Crippen LogP contribution in [-0.4, -0.2) is 13.1 Å². The van der Waals surface area contributed by atoms with Crippen LogP contribution in [0, 0.1) is 6.92 Å². The number of ether oxygens (including phenoxy) is 2. The van der Waals surface area contributed by atoms with Crippen LogP contribution in [0.4, 0.5) is 0 Å². The molecule has 0 aromatic heterocycles. The van der Waals surface area contributed by atoms with E-state index in [1.807, 2.05) is 6.92 Å². The summed E-state index contributed by atoms with van der Waals surface area (Å²) in [5, 5.41) is 0.874. The van der Waals surface area contributed by atoms with Gasteiger partial charge in [0.1, 0.15) is 5.75 Å². The number of rotatable bonds is 3. The summed E-state index contributed by atoms with van der Waals surface area (Å²) in [4.78, 5) is 11.3. The normalized spacial score (nSPS) is 10.2. The molecule has 0 aliphatic carbocycles. The van der Waals surface area contributed by atoms with Crippen LogP contribution in [0.25, 0.3) is 0 Å². The van der Waals surface area contributed by atoms with Crippen LogP contribution in [0.5, 0.6) is 11.5 Å². The first-order valence-electron chi connectivity index (χ1n) is 5.83. The van der Waals surface area contributed by atoms with Gasteiger partial charge in [-0.1, -0.05) is 23.2 Å². The van der Waals surface area contributed by atoms with E-state index in [1.165, 1.54) is 7.11 Å². The van der Waals surface area contributed by atoms with Crippen LogP contribution in [0.2, 0.25) is 10.0 Å². The van der Waals surface area contributed by atoms with E-state index in [-0.39, 0.29) is 0 Å². The SMILES string of the molecule is COC(=O)c1ccc(Oc2c(Cl)cc(C)cc2Cl)cc1. The second kappa shape index (κ2) is 6.16. The Labute approximate surface area is 127 Å². The third-order valence-electron chi connectivity index (χ3n) is 2.64. The van der Waals surface area contributed by atoms with Gasteiger partial charge in [-0.3, -0.25) is 0 Å². The molecule has 0 N–H and O–H groups in total. The van der Waals surface area contributed by atoms with E-state index < -0.39 is 5.97 Å². The minimum absolute atomic E-state index is 0.393. The number of carbonyl (C=O) groups is 1. The Kier molecular flexibility index (Phi) is 4.53. The van der Waals surface area contributed by atoms with E-state index >= 15 is 0 Å². The van der Waals surface area contributed by atoms with Gasteiger partial charge in [0.15, 0.2) is 5.75 Å². The summed E-state index contributed by atoms with van der Waals surface area (Å²) >= 11 is 12.2. The maximum Gasteiger partial charge on any atom is 0.337 e. The second-order valence-electron chi connectivity index (χ2n) is 4.18. The highest BCUT2D eigenvalue weighted by Crippen LogP contribution is 2.37. The van der Waals surface area contributed by atoms with Gasteiger partial charge in [0.05, 0.1) is 22.7 Å². The molecule has 0 unspecified atom stereocenters. The smallest absolute Gasteiger partial charge is 0.337 e. The Bertz CT molecular complexity index is 613. The topological polar surface area (TPSA) is 35.5 Å². The first kappa shape index (κ1) is 14.7. The van der Waals surface area contributed by atoms with Crippen molar-refractivity contribution in [3.63, 3.8) is 0 Å². The lowest BCUT2D eigenvalue weighted by Crippen LogP contribution is -2.00. The summed E-state index contributed by atoms with van der Waals surface area (Å²) < 4.78 is 10.3. The Hall–Kier alpha value is -1.71. The highest BCUT2D eigenvalue weighted by molar-refractivity contribution is 6.37. The minimum Gasteiger partial charge on any atom is -0.465 e. The van der Waals surface area contributed by atoms with E-state index in [0.29, 0.717) is 27.1 Å². The summed E-state index contributed by atoms with van der Waals surface area (Å²) in [7, 11) is 1.33. The lowest BCUT2D eigenvalue weighted by Gasteiger charge is -2.10. The largest absolute Gasteiger partial charge is 0.465 e. The van der Waals surface area contributed by atoms with Crippen LogP contribution in [0.3, 0.4) is 0 Å². The number of esters is 1. The number of carbonyl (C=O) groups excluding carboxylic acids is 1. The van der Waals surface area contributed by atoms with Crippen LogP contribution in [-0.2, 0) is 4.74 Å². The molecule has 3 nitrogen and oxygen atoms in total. The number of benzene rings is 2. The Morgan fingerprint density at radius 1 is 1.05 bits per heavy atom. The predicted octanol–water partition coefficient (Wildman–Crippen LogP) is 4.88. The van der Waals surface area contributed by atoms with Crippen molar-refractivity contribution >= 4 is 29.2 Å². The standard InChI is InChI=1S/C15H12Cl2O3/c1-9-7-12(16)14(13(17)8-9)20-11-5-3-10(4-6-11)15(18)19-2/h3-8H,1-2H3. The molecule has 5 heteroatoms. The molecule has 0 amide bonds. The average Bonchev–Trinajstić information content (AvgIpc) is 2.42. The van der Waals surface area contributed by atoms with E-state index in [4.69, 9.17) is 27.9 Å². The molecule has 20 heavy (non-hydrogen) atoms. The Balaban J connectivity index is 2.25. The third kappa shape index (κ3) is 3.24. The molecule has 0 atom stereocenters. The number of methoxy groups -OCH3 is 1. The lowest BCUT2D eigenvalue weighted by molar-refractivity contribution is 0.0600. The maximum absolute atomic E-state index is 11.3. The quantitative estimate of drug-likeness (QED) is 0.758. The van der Waals surface area contributed by atoms with Gasteiger partial charge >= 0.3 is 5.97 Å². The second-order valence-corrected chi connectivity index (χ2v) is 4.99. The van der Waals surface area contributed by atoms with Gasteiger partial charge in [0, 0.05) is 0 Å². The van der Waals surface area contributed by atoms with Crippen molar-refractivity contribution in [2.75, 3.05) is 7.11 Å². The fourth-order valence-electron chi connectivity index (χ4n) is 1.68. The van der Waals surface area contributed by atoms with Crippen molar-refractivity contribution in [2.45, 2.75) is 6.92 Å². The van der Waals surface area contributed by atoms with Crippen molar-refractivity contribution in [1.29, 1.82) is 0 Å². The molecule has 2 aromatic carbocycles. The Morgan fingerprint density at radius 3 is 2.10 bits per heavy atom. The Morgan fingerprint density at radius 2 is 1.60 bits per heavy atom. The molecule has 104 valence electrons. The van der Waals surface area contributed by atoms with Crippen molar-refractivity contribution in [1.82, 2.24) is 0 Å². The number of hydrogen-bond donors (Lipinski definition) is 0. The molecule has 0 saturated heterocycles. The zero-order valence-corrected chi connectivity index (χ0v) is 12.5. The number of aryl methyl sites for hydroxylation is 1. The molecule has 0 fully saturated rings. The third-order valence-corrected chi connectivity index (χ3v) is 3.20. The van der Waals surface area contributed by atoms with Gasteiger partial charge in [-0.15, -0.1) is 0 Å². The first-order valence-corrected chi connectivity index (χ1v) is 6.58. The molecule has 0 aliphatic rings. The number of halogens is 2. The molecule has 0 radical (unpaired) electrons. The highest BCUT2D eigenvalue weighted by atomic mass is 35.5. The summed E-state index contributed by atoms with van der Waals surface area (Å²) in [6.45, 7) is 1.90.